The van der Waals surface area contributed by atoms with Gasteiger partial charge in [0, 0.05) is 0 Å². The molecule has 0 aromatic heterocycles. The Morgan fingerprint density at radius 1 is 1.54 bits per heavy atom. The molecule has 0 aromatic carbocycles. The zero-order valence-corrected chi connectivity index (χ0v) is 7.79. The summed E-state index contributed by atoms with van der Waals surface area (Å²) < 4.78 is 4.40. The van der Waals surface area contributed by atoms with Gasteiger partial charge in [0.1, 0.15) is 0 Å². The smallest absolute Gasteiger partial charge is 0.321 e. The van der Waals surface area contributed by atoms with Crippen molar-refractivity contribution in [1.29, 1.82) is 0 Å². The molecule has 0 spiro atoms. The quantitative estimate of drug-likeness (QED) is 0.288. The molecule has 0 radical (unpaired) electrons. The summed E-state index contributed by atoms with van der Waals surface area (Å²) in [6.45, 7) is 2.11. The number of cyclic esters (lactones) is 2. The van der Waals surface area contributed by atoms with Crippen LogP contribution in [0.4, 0.5) is 0 Å². The Morgan fingerprint density at radius 2 is 2.31 bits per heavy atom. The van der Waals surface area contributed by atoms with Gasteiger partial charge in [0.15, 0.2) is 0 Å². The summed E-state index contributed by atoms with van der Waals surface area (Å²) in [6, 6.07) is 0. The third kappa shape index (κ3) is 3.01. The molecule has 0 saturated carbocycles. The van der Waals surface area contributed by atoms with Crippen molar-refractivity contribution < 1.29 is 14.3 Å². The average Bonchev–Trinajstić information content (AvgIpc) is 2.39. The van der Waals surface area contributed by atoms with Crippen molar-refractivity contribution in [3.8, 4) is 0 Å². The molecule has 1 heterocycles. The second-order valence-corrected chi connectivity index (χ2v) is 3.17. The number of esters is 2. The lowest BCUT2D eigenvalue weighted by molar-refractivity contribution is -0.152. The predicted octanol–water partition coefficient (Wildman–Crippen LogP) is 1.82. The van der Waals surface area contributed by atoms with Crippen LogP contribution < -0.4 is 0 Å². The van der Waals surface area contributed by atoms with Crippen LogP contribution in [0.15, 0.2) is 12.2 Å². The number of unbranched alkanes of at least 4 members (excludes halogenated alkanes) is 2. The van der Waals surface area contributed by atoms with E-state index in [0.29, 0.717) is 0 Å². The third-order valence-electron chi connectivity index (χ3n) is 2.00. The van der Waals surface area contributed by atoms with Crippen LogP contribution in [0.5, 0.6) is 0 Å². The van der Waals surface area contributed by atoms with Crippen molar-refractivity contribution in [3.05, 3.63) is 12.2 Å². The van der Waals surface area contributed by atoms with E-state index in [2.05, 4.69) is 11.7 Å². The van der Waals surface area contributed by atoms with Gasteiger partial charge in [-0.3, -0.25) is 9.59 Å². The summed E-state index contributed by atoms with van der Waals surface area (Å²) in [7, 11) is 0. The minimum atomic E-state index is -0.407. The van der Waals surface area contributed by atoms with E-state index in [9.17, 15) is 9.59 Å². The number of hydrogen-bond acceptors (Lipinski definition) is 3. The number of carbonyl (C=O) groups excluding carboxylic acids is 2. The van der Waals surface area contributed by atoms with Crippen LogP contribution >= 0.6 is 0 Å². The fraction of sp³-hybridized carbons (Fsp3) is 0.600. The summed E-state index contributed by atoms with van der Waals surface area (Å²) in [5, 5.41) is 0. The summed E-state index contributed by atoms with van der Waals surface area (Å²) in [5.41, 5.74) is 0. The Hall–Kier alpha value is -1.12. The van der Waals surface area contributed by atoms with Gasteiger partial charge in [-0.05, 0) is 6.42 Å². The second-order valence-electron chi connectivity index (χ2n) is 3.17. The highest BCUT2D eigenvalue weighted by molar-refractivity contribution is 5.95. The lowest BCUT2D eigenvalue weighted by Gasteiger charge is -1.94. The Bertz CT molecular complexity index is 230. The van der Waals surface area contributed by atoms with Crippen molar-refractivity contribution >= 4 is 11.9 Å². The molecular weight excluding hydrogens is 168 g/mol. The van der Waals surface area contributed by atoms with Crippen LogP contribution in [-0.4, -0.2) is 11.9 Å². The van der Waals surface area contributed by atoms with Gasteiger partial charge in [-0.25, -0.2) is 0 Å². The van der Waals surface area contributed by atoms with Gasteiger partial charge in [0.25, 0.3) is 0 Å². The molecule has 0 aromatic rings. The summed E-state index contributed by atoms with van der Waals surface area (Å²) in [5.74, 6) is -1.14. The normalized spacial score (nSPS) is 22.7. The van der Waals surface area contributed by atoms with Crippen molar-refractivity contribution in [2.45, 2.75) is 32.6 Å². The highest BCUT2D eigenvalue weighted by Crippen LogP contribution is 2.17. The first-order valence-corrected chi connectivity index (χ1v) is 4.65. The Labute approximate surface area is 77.8 Å². The van der Waals surface area contributed by atoms with Crippen LogP contribution in [0.25, 0.3) is 0 Å². The molecule has 13 heavy (non-hydrogen) atoms. The first kappa shape index (κ1) is 9.96. The first-order valence-electron chi connectivity index (χ1n) is 4.65. The van der Waals surface area contributed by atoms with E-state index in [4.69, 9.17) is 0 Å². The van der Waals surface area contributed by atoms with E-state index >= 15 is 0 Å². The summed E-state index contributed by atoms with van der Waals surface area (Å²) in [4.78, 5) is 21.6. The largest absolute Gasteiger partial charge is 0.393 e. The van der Waals surface area contributed by atoms with Crippen molar-refractivity contribution in [3.63, 3.8) is 0 Å². The van der Waals surface area contributed by atoms with E-state index in [1.165, 1.54) is 0 Å². The lowest BCUT2D eigenvalue weighted by Crippen LogP contribution is -2.03. The fourth-order valence-electron chi connectivity index (χ4n) is 1.22. The molecule has 1 rings (SSSR count). The van der Waals surface area contributed by atoms with Crippen LogP contribution in [0.1, 0.15) is 32.6 Å². The van der Waals surface area contributed by atoms with Gasteiger partial charge in [-0.15, -0.1) is 0 Å². The molecular formula is C10H14O3. The molecule has 0 N–H and O–H groups in total. The second kappa shape index (κ2) is 4.80. The molecule has 3 heteroatoms. The molecule has 1 saturated heterocycles. The molecule has 0 aliphatic carbocycles. The van der Waals surface area contributed by atoms with Crippen LogP contribution in [0.3, 0.4) is 0 Å². The van der Waals surface area contributed by atoms with E-state index in [1.54, 1.807) is 6.08 Å². The molecule has 1 atom stereocenters. The third-order valence-corrected chi connectivity index (χ3v) is 2.00. The minimum absolute atomic E-state index is 0.210. The van der Waals surface area contributed by atoms with Gasteiger partial charge < -0.3 is 4.74 Å². The highest BCUT2D eigenvalue weighted by atomic mass is 16.6. The molecule has 0 amide bonds. The number of rotatable bonds is 4. The molecule has 3 nitrogen and oxygen atoms in total. The topological polar surface area (TPSA) is 43.4 Å². The van der Waals surface area contributed by atoms with Gasteiger partial charge in [0.05, 0.1) is 12.3 Å². The van der Waals surface area contributed by atoms with Crippen LogP contribution in [0, 0.1) is 5.92 Å². The monoisotopic (exact) mass is 182 g/mol. The number of ether oxygens (including phenoxy) is 1. The maximum atomic E-state index is 11.0. The van der Waals surface area contributed by atoms with Crippen molar-refractivity contribution in [1.82, 2.24) is 0 Å². The zero-order valence-electron chi connectivity index (χ0n) is 7.79. The Kier molecular flexibility index (Phi) is 3.68. The summed E-state index contributed by atoms with van der Waals surface area (Å²) in [6.07, 6.45) is 7.16. The van der Waals surface area contributed by atoms with Gasteiger partial charge in [-0.2, -0.15) is 0 Å². The molecule has 1 aliphatic heterocycles. The summed E-state index contributed by atoms with van der Waals surface area (Å²) >= 11 is 0. The maximum Gasteiger partial charge on any atom is 0.321 e. The van der Waals surface area contributed by atoms with Gasteiger partial charge in [-0.1, -0.05) is 31.9 Å². The molecule has 1 aliphatic rings. The maximum absolute atomic E-state index is 11.0. The average molecular weight is 182 g/mol. The van der Waals surface area contributed by atoms with Gasteiger partial charge >= 0.3 is 11.9 Å². The Balaban J connectivity index is 2.32. The van der Waals surface area contributed by atoms with E-state index in [-0.39, 0.29) is 12.3 Å². The molecule has 0 unspecified atom stereocenters. The van der Waals surface area contributed by atoms with E-state index in [0.717, 1.165) is 19.3 Å². The fourth-order valence-corrected chi connectivity index (χ4v) is 1.22. The Morgan fingerprint density at radius 3 is 2.85 bits per heavy atom. The first-order chi connectivity index (χ1) is 6.24. The SMILES string of the molecule is CCCC/C=C\[C@@H]1CC(=O)OC1=O. The van der Waals surface area contributed by atoms with Crippen molar-refractivity contribution in [2.75, 3.05) is 0 Å². The lowest BCUT2D eigenvalue weighted by atomic mass is 10.1. The minimum Gasteiger partial charge on any atom is -0.393 e. The van der Waals surface area contributed by atoms with Crippen LogP contribution in [-0.2, 0) is 14.3 Å². The van der Waals surface area contributed by atoms with E-state index in [1.807, 2.05) is 6.08 Å². The van der Waals surface area contributed by atoms with Gasteiger partial charge in [0.2, 0.25) is 0 Å². The molecule has 72 valence electrons. The predicted molar refractivity (Wildman–Crippen MR) is 47.9 cm³/mol. The molecule has 0 bridgehead atoms. The van der Waals surface area contributed by atoms with Crippen LogP contribution in [0.2, 0.25) is 0 Å². The number of carbonyl (C=O) groups is 2. The standard InChI is InChI=1S/C10H14O3/c1-2-3-4-5-6-8-7-9(11)13-10(8)12/h5-6,8H,2-4,7H2,1H3/b6-5-/t8-/m1/s1. The zero-order chi connectivity index (χ0) is 9.68. The highest BCUT2D eigenvalue weighted by Gasteiger charge is 2.30. The molecule has 1 fully saturated rings. The van der Waals surface area contributed by atoms with E-state index < -0.39 is 11.9 Å². The van der Waals surface area contributed by atoms with Crippen molar-refractivity contribution in [2.24, 2.45) is 5.92 Å². The number of allylic oxidation sites excluding steroid dienone is 1. The number of hydrogen-bond donors (Lipinski definition) is 0.